The second kappa shape index (κ2) is 4.53. The van der Waals surface area contributed by atoms with E-state index in [4.69, 9.17) is 0 Å². The molecule has 0 bridgehead atoms. The fourth-order valence-electron chi connectivity index (χ4n) is 1.47. The molecular formula is C11H12O2S2. The van der Waals surface area contributed by atoms with Crippen molar-refractivity contribution in [3.8, 4) is 0 Å². The van der Waals surface area contributed by atoms with Gasteiger partial charge < -0.3 is 9.66 Å². The van der Waals surface area contributed by atoms with E-state index in [2.05, 4.69) is 0 Å². The van der Waals surface area contributed by atoms with Gasteiger partial charge in [-0.3, -0.25) is 0 Å². The minimum atomic E-state index is -0.961. The van der Waals surface area contributed by atoms with E-state index in [1.54, 1.807) is 17.6 Å². The smallest absolute Gasteiger partial charge is 0.136 e. The number of rotatable bonds is 3. The molecule has 4 heteroatoms. The predicted octanol–water partition coefficient (Wildman–Crippen LogP) is 2.31. The summed E-state index contributed by atoms with van der Waals surface area (Å²) in [6.07, 6.45) is 1.00. The Hall–Kier alpha value is -0.550. The van der Waals surface area contributed by atoms with Crippen LogP contribution >= 0.6 is 11.3 Å². The van der Waals surface area contributed by atoms with Gasteiger partial charge in [0.05, 0.1) is 6.26 Å². The lowest BCUT2D eigenvalue weighted by molar-refractivity contribution is 0.206. The summed E-state index contributed by atoms with van der Waals surface area (Å²) >= 11 is 0.602. The standard InChI is InChI=1S/C11H12O2S2/c1-15(13)7-9(12)11-6-8-4-2-3-5-10(8)14-11/h2-6,9,12H,7H2,1H3. The molecule has 2 unspecified atom stereocenters. The quantitative estimate of drug-likeness (QED) is 0.837. The molecule has 2 aromatic rings. The Labute approximate surface area is 95.7 Å². The summed E-state index contributed by atoms with van der Waals surface area (Å²) in [5.74, 6) is 0.312. The van der Waals surface area contributed by atoms with Crippen molar-refractivity contribution >= 4 is 32.6 Å². The Morgan fingerprint density at radius 1 is 1.47 bits per heavy atom. The molecule has 0 aliphatic rings. The molecule has 1 aromatic carbocycles. The Morgan fingerprint density at radius 3 is 2.87 bits per heavy atom. The first-order chi connectivity index (χ1) is 7.16. The van der Waals surface area contributed by atoms with E-state index in [9.17, 15) is 9.66 Å². The lowest BCUT2D eigenvalue weighted by Crippen LogP contribution is -2.11. The van der Waals surface area contributed by atoms with E-state index in [0.29, 0.717) is 5.75 Å². The molecule has 0 saturated carbocycles. The molecule has 0 fully saturated rings. The number of aliphatic hydroxyl groups is 1. The molecule has 15 heavy (non-hydrogen) atoms. The van der Waals surface area contributed by atoms with Crippen molar-refractivity contribution in [2.24, 2.45) is 0 Å². The minimum Gasteiger partial charge on any atom is -0.616 e. The van der Waals surface area contributed by atoms with Crippen LogP contribution in [0, 0.1) is 0 Å². The Kier molecular flexibility index (Phi) is 3.31. The fourth-order valence-corrected chi connectivity index (χ4v) is 3.25. The van der Waals surface area contributed by atoms with E-state index in [1.165, 1.54) is 0 Å². The van der Waals surface area contributed by atoms with Crippen LogP contribution in [0.4, 0.5) is 0 Å². The molecule has 0 radical (unpaired) electrons. The Balaban J connectivity index is 2.28. The van der Waals surface area contributed by atoms with Crippen LogP contribution in [0.3, 0.4) is 0 Å². The van der Waals surface area contributed by atoms with Gasteiger partial charge >= 0.3 is 0 Å². The van der Waals surface area contributed by atoms with Gasteiger partial charge in [0.15, 0.2) is 0 Å². The number of fused-ring (bicyclic) bond motifs is 1. The summed E-state index contributed by atoms with van der Waals surface area (Å²) in [5, 5.41) is 10.9. The predicted molar refractivity (Wildman–Crippen MR) is 65.7 cm³/mol. The summed E-state index contributed by atoms with van der Waals surface area (Å²) in [4.78, 5) is 0.895. The van der Waals surface area contributed by atoms with Gasteiger partial charge in [-0.1, -0.05) is 29.4 Å². The van der Waals surface area contributed by atoms with Gasteiger partial charge in [0, 0.05) is 9.58 Å². The number of aliphatic hydroxyl groups excluding tert-OH is 1. The van der Waals surface area contributed by atoms with Gasteiger partial charge in [0.2, 0.25) is 0 Å². The van der Waals surface area contributed by atoms with E-state index in [-0.39, 0.29) is 0 Å². The van der Waals surface area contributed by atoms with Crippen molar-refractivity contribution < 1.29 is 9.66 Å². The maximum atomic E-state index is 11.0. The molecule has 1 aromatic heterocycles. The minimum absolute atomic E-state index is 0.312. The Morgan fingerprint density at radius 2 is 2.20 bits per heavy atom. The van der Waals surface area contributed by atoms with Gasteiger partial charge in [-0.15, -0.1) is 11.3 Å². The van der Waals surface area contributed by atoms with Gasteiger partial charge in [-0.05, 0) is 17.5 Å². The van der Waals surface area contributed by atoms with Crippen LogP contribution < -0.4 is 0 Å². The lowest BCUT2D eigenvalue weighted by atomic mass is 10.2. The topological polar surface area (TPSA) is 43.3 Å². The van der Waals surface area contributed by atoms with Crippen LogP contribution in [0.15, 0.2) is 30.3 Å². The Bertz CT molecular complexity index is 418. The van der Waals surface area contributed by atoms with Crippen molar-refractivity contribution in [2.45, 2.75) is 6.10 Å². The largest absolute Gasteiger partial charge is 0.616 e. The van der Waals surface area contributed by atoms with Crippen molar-refractivity contribution in [1.29, 1.82) is 0 Å². The maximum absolute atomic E-state index is 11.0. The van der Waals surface area contributed by atoms with Crippen LogP contribution in [-0.2, 0) is 11.2 Å². The van der Waals surface area contributed by atoms with Gasteiger partial charge in [-0.2, -0.15) is 0 Å². The summed E-state index contributed by atoms with van der Waals surface area (Å²) in [5.41, 5.74) is 0. The highest BCUT2D eigenvalue weighted by molar-refractivity contribution is 7.90. The summed E-state index contributed by atoms with van der Waals surface area (Å²) in [7, 11) is 0. The number of hydrogen-bond donors (Lipinski definition) is 1. The molecule has 80 valence electrons. The molecule has 0 spiro atoms. The molecule has 0 saturated heterocycles. The lowest BCUT2D eigenvalue weighted by Gasteiger charge is -2.09. The summed E-state index contributed by atoms with van der Waals surface area (Å²) in [6, 6.07) is 9.97. The van der Waals surface area contributed by atoms with Crippen molar-refractivity contribution in [3.05, 3.63) is 35.2 Å². The molecule has 2 rings (SSSR count). The molecule has 2 nitrogen and oxygen atoms in total. The van der Waals surface area contributed by atoms with Crippen molar-refractivity contribution in [1.82, 2.24) is 0 Å². The van der Waals surface area contributed by atoms with Crippen molar-refractivity contribution in [3.63, 3.8) is 0 Å². The zero-order valence-corrected chi connectivity index (χ0v) is 9.98. The van der Waals surface area contributed by atoms with Gasteiger partial charge in [0.1, 0.15) is 11.9 Å². The highest BCUT2D eigenvalue weighted by Gasteiger charge is 2.15. The van der Waals surface area contributed by atoms with E-state index in [1.807, 2.05) is 30.3 Å². The first-order valence-corrected chi connectivity index (χ1v) is 7.18. The zero-order valence-electron chi connectivity index (χ0n) is 8.34. The summed E-state index contributed by atoms with van der Waals surface area (Å²) < 4.78 is 12.2. The molecule has 0 amide bonds. The molecule has 1 heterocycles. The molecule has 0 aliphatic carbocycles. The van der Waals surface area contributed by atoms with E-state index in [0.717, 1.165) is 15.0 Å². The first-order valence-electron chi connectivity index (χ1n) is 4.63. The highest BCUT2D eigenvalue weighted by Crippen LogP contribution is 2.30. The van der Waals surface area contributed by atoms with Crippen LogP contribution in [-0.4, -0.2) is 21.7 Å². The van der Waals surface area contributed by atoms with E-state index >= 15 is 0 Å². The number of hydrogen-bond acceptors (Lipinski definition) is 3. The first kappa shape index (κ1) is 11.0. The molecule has 1 N–H and O–H groups in total. The third-order valence-corrected chi connectivity index (χ3v) is 4.17. The fraction of sp³-hybridized carbons (Fsp3) is 0.273. The SMILES string of the molecule is C[S+]([O-])CC(O)c1cc2ccccc2s1. The van der Waals surface area contributed by atoms with Crippen molar-refractivity contribution in [2.75, 3.05) is 12.0 Å². The average Bonchev–Trinajstić information content (AvgIpc) is 2.59. The average molecular weight is 240 g/mol. The van der Waals surface area contributed by atoms with E-state index < -0.39 is 17.3 Å². The molecular weight excluding hydrogens is 228 g/mol. The third-order valence-electron chi connectivity index (χ3n) is 2.17. The number of benzene rings is 1. The van der Waals surface area contributed by atoms with Crippen LogP contribution in [0.25, 0.3) is 10.1 Å². The van der Waals surface area contributed by atoms with Gasteiger partial charge in [0.25, 0.3) is 0 Å². The second-order valence-corrected chi connectivity index (χ2v) is 6.04. The molecule has 0 aliphatic heterocycles. The highest BCUT2D eigenvalue weighted by atomic mass is 32.2. The van der Waals surface area contributed by atoms with Crippen LogP contribution in [0.2, 0.25) is 0 Å². The zero-order chi connectivity index (χ0) is 10.8. The number of thiophene rings is 1. The normalized spacial score (nSPS) is 15.4. The van der Waals surface area contributed by atoms with Gasteiger partial charge in [-0.25, -0.2) is 0 Å². The third kappa shape index (κ3) is 2.52. The molecule has 2 atom stereocenters. The van der Waals surface area contributed by atoms with Crippen LogP contribution in [0.1, 0.15) is 11.0 Å². The second-order valence-electron chi connectivity index (χ2n) is 3.44. The summed E-state index contributed by atoms with van der Waals surface area (Å²) in [6.45, 7) is 0. The van der Waals surface area contributed by atoms with Crippen LogP contribution in [0.5, 0.6) is 0 Å². The monoisotopic (exact) mass is 240 g/mol. The maximum Gasteiger partial charge on any atom is 0.136 e.